The van der Waals surface area contributed by atoms with Gasteiger partial charge >= 0.3 is 0 Å². The number of hydrogen-bond acceptors (Lipinski definition) is 3. The Hall–Kier alpha value is -1.81. The number of ether oxygens (including phenoxy) is 1. The minimum Gasteiger partial charge on any atom is -0.487 e. The topological polar surface area (TPSA) is 47.3 Å². The molecule has 1 atom stereocenters. The van der Waals surface area contributed by atoms with Crippen molar-refractivity contribution >= 4 is 0 Å². The molecule has 0 radical (unpaired) electrons. The Bertz CT molecular complexity index is 619. The maximum Gasteiger partial charge on any atom is 0.130 e. The Kier molecular flexibility index (Phi) is 3.49. The van der Waals surface area contributed by atoms with Gasteiger partial charge in [-0.2, -0.15) is 5.10 Å². The van der Waals surface area contributed by atoms with E-state index in [1.54, 1.807) is 0 Å². The summed E-state index contributed by atoms with van der Waals surface area (Å²) in [6.07, 6.45) is 2.38. The van der Waals surface area contributed by atoms with E-state index >= 15 is 0 Å². The lowest BCUT2D eigenvalue weighted by atomic mass is 10.1. The molecule has 4 nitrogen and oxygen atoms in total. The van der Waals surface area contributed by atoms with Gasteiger partial charge in [-0.25, -0.2) is 0 Å². The molecule has 1 N–H and O–H groups in total. The second-order valence-electron chi connectivity index (χ2n) is 5.31. The molecule has 4 heteroatoms. The second kappa shape index (κ2) is 5.29. The zero-order valence-electron chi connectivity index (χ0n) is 12.0. The van der Waals surface area contributed by atoms with Crippen LogP contribution in [-0.2, 0) is 26.5 Å². The molecule has 0 spiro atoms. The lowest BCUT2D eigenvalue weighted by molar-refractivity contribution is 0.180. The monoisotopic (exact) mass is 272 g/mol. The first kappa shape index (κ1) is 13.2. The first-order valence-electron chi connectivity index (χ1n) is 7.13. The molecule has 20 heavy (non-hydrogen) atoms. The first-order valence-corrected chi connectivity index (χ1v) is 7.13. The maximum atomic E-state index is 9.79. The number of rotatable bonds is 4. The van der Waals surface area contributed by atoms with Gasteiger partial charge in [0.2, 0.25) is 0 Å². The summed E-state index contributed by atoms with van der Waals surface area (Å²) in [6.45, 7) is 2.61. The summed E-state index contributed by atoms with van der Waals surface area (Å²) < 4.78 is 7.72. The van der Waals surface area contributed by atoms with Crippen LogP contribution in [0.4, 0.5) is 0 Å². The van der Waals surface area contributed by atoms with Crippen LogP contribution in [0.3, 0.4) is 0 Å². The predicted molar refractivity (Wildman–Crippen MR) is 76.6 cm³/mol. The summed E-state index contributed by atoms with van der Waals surface area (Å²) in [5, 5.41) is 14.2. The van der Waals surface area contributed by atoms with E-state index in [0.717, 1.165) is 42.0 Å². The molecule has 0 aliphatic heterocycles. The molecule has 0 bridgehead atoms. The van der Waals surface area contributed by atoms with E-state index in [1.807, 2.05) is 29.9 Å². The van der Waals surface area contributed by atoms with Crippen LogP contribution in [0.15, 0.2) is 24.3 Å². The quantitative estimate of drug-likeness (QED) is 0.930. The molecule has 3 rings (SSSR count). The third-order valence-electron chi connectivity index (χ3n) is 3.94. The van der Waals surface area contributed by atoms with Gasteiger partial charge in [0, 0.05) is 7.05 Å². The number of benzene rings is 1. The highest BCUT2D eigenvalue weighted by molar-refractivity contribution is 5.39. The van der Waals surface area contributed by atoms with Crippen molar-refractivity contribution in [2.75, 3.05) is 0 Å². The number of aryl methyl sites for hydroxylation is 3. The summed E-state index contributed by atoms with van der Waals surface area (Å²) in [7, 11) is 1.94. The van der Waals surface area contributed by atoms with E-state index in [2.05, 4.69) is 18.1 Å². The van der Waals surface area contributed by atoms with Crippen molar-refractivity contribution in [1.82, 2.24) is 9.78 Å². The molecule has 0 fully saturated rings. The van der Waals surface area contributed by atoms with Crippen LogP contribution in [0.5, 0.6) is 5.75 Å². The van der Waals surface area contributed by atoms with Gasteiger partial charge in [-0.15, -0.1) is 0 Å². The van der Waals surface area contributed by atoms with E-state index in [9.17, 15) is 5.11 Å². The largest absolute Gasteiger partial charge is 0.487 e. The SMILES string of the molecule is CCc1cc(COc2ccc3c(c2)CC[C@@H]3O)n(C)n1. The lowest BCUT2D eigenvalue weighted by Gasteiger charge is -2.09. The van der Waals surface area contributed by atoms with Crippen LogP contribution in [0, 0.1) is 0 Å². The van der Waals surface area contributed by atoms with Crippen LogP contribution < -0.4 is 4.74 Å². The molecule has 0 saturated carbocycles. The Morgan fingerprint density at radius 3 is 3.00 bits per heavy atom. The van der Waals surface area contributed by atoms with Crippen molar-refractivity contribution in [3.8, 4) is 5.75 Å². The fraction of sp³-hybridized carbons (Fsp3) is 0.438. The van der Waals surface area contributed by atoms with Crippen molar-refractivity contribution in [3.05, 3.63) is 46.8 Å². The van der Waals surface area contributed by atoms with Crippen molar-refractivity contribution in [2.45, 2.75) is 38.9 Å². The van der Waals surface area contributed by atoms with Crippen LogP contribution in [-0.4, -0.2) is 14.9 Å². The third-order valence-corrected chi connectivity index (χ3v) is 3.94. The number of nitrogens with zero attached hydrogens (tertiary/aromatic N) is 2. The van der Waals surface area contributed by atoms with Gasteiger partial charge in [-0.3, -0.25) is 4.68 Å². The number of aliphatic hydroxyl groups is 1. The molecule has 1 aliphatic carbocycles. The molecule has 106 valence electrons. The van der Waals surface area contributed by atoms with Crippen LogP contribution in [0.2, 0.25) is 0 Å². The number of aromatic nitrogens is 2. The maximum absolute atomic E-state index is 9.79. The Morgan fingerprint density at radius 1 is 1.40 bits per heavy atom. The van der Waals surface area contributed by atoms with Gasteiger partial charge < -0.3 is 9.84 Å². The molecular formula is C16H20N2O2. The van der Waals surface area contributed by atoms with E-state index in [4.69, 9.17) is 4.74 Å². The summed E-state index contributed by atoms with van der Waals surface area (Å²) in [5.74, 6) is 0.858. The van der Waals surface area contributed by atoms with Gasteiger partial charge in [0.1, 0.15) is 12.4 Å². The average molecular weight is 272 g/mol. The van der Waals surface area contributed by atoms with Gasteiger partial charge in [0.25, 0.3) is 0 Å². The summed E-state index contributed by atoms with van der Waals surface area (Å²) in [6, 6.07) is 8.04. The number of aliphatic hydroxyl groups excluding tert-OH is 1. The third kappa shape index (κ3) is 2.43. The fourth-order valence-corrected chi connectivity index (χ4v) is 2.70. The van der Waals surface area contributed by atoms with E-state index in [1.165, 1.54) is 5.56 Å². The highest BCUT2D eigenvalue weighted by Gasteiger charge is 2.20. The summed E-state index contributed by atoms with van der Waals surface area (Å²) >= 11 is 0. The minimum atomic E-state index is -0.303. The average Bonchev–Trinajstić information content (AvgIpc) is 3.00. The molecule has 1 heterocycles. The molecule has 1 aliphatic rings. The van der Waals surface area contributed by atoms with Crippen molar-refractivity contribution < 1.29 is 9.84 Å². The Morgan fingerprint density at radius 2 is 2.25 bits per heavy atom. The molecule has 2 aromatic rings. The summed E-state index contributed by atoms with van der Waals surface area (Å²) in [5.41, 5.74) is 4.41. The van der Waals surface area contributed by atoms with Gasteiger partial charge in [-0.1, -0.05) is 13.0 Å². The molecule has 0 unspecified atom stereocenters. The number of fused-ring (bicyclic) bond motifs is 1. The zero-order valence-corrected chi connectivity index (χ0v) is 12.0. The molecule has 0 saturated heterocycles. The van der Waals surface area contributed by atoms with Crippen molar-refractivity contribution in [3.63, 3.8) is 0 Å². The van der Waals surface area contributed by atoms with Crippen molar-refractivity contribution in [1.29, 1.82) is 0 Å². The van der Waals surface area contributed by atoms with Gasteiger partial charge in [0.15, 0.2) is 0 Å². The van der Waals surface area contributed by atoms with Crippen LogP contribution >= 0.6 is 0 Å². The van der Waals surface area contributed by atoms with Gasteiger partial charge in [-0.05, 0) is 48.6 Å². The first-order chi connectivity index (χ1) is 9.67. The highest BCUT2D eigenvalue weighted by Crippen LogP contribution is 2.33. The van der Waals surface area contributed by atoms with E-state index < -0.39 is 0 Å². The highest BCUT2D eigenvalue weighted by atomic mass is 16.5. The minimum absolute atomic E-state index is 0.303. The molecule has 0 amide bonds. The zero-order chi connectivity index (χ0) is 14.1. The van der Waals surface area contributed by atoms with E-state index in [0.29, 0.717) is 6.61 Å². The smallest absolute Gasteiger partial charge is 0.130 e. The Labute approximate surface area is 119 Å². The molecule has 1 aromatic heterocycles. The lowest BCUT2D eigenvalue weighted by Crippen LogP contribution is -2.03. The van der Waals surface area contributed by atoms with Gasteiger partial charge in [0.05, 0.1) is 17.5 Å². The molecule has 1 aromatic carbocycles. The van der Waals surface area contributed by atoms with Crippen LogP contribution in [0.25, 0.3) is 0 Å². The summed E-state index contributed by atoms with van der Waals surface area (Å²) in [4.78, 5) is 0. The standard InChI is InChI=1S/C16H20N2O2/c1-3-12-9-13(18(2)17-12)10-20-14-5-6-15-11(8-14)4-7-16(15)19/h5-6,8-9,16,19H,3-4,7,10H2,1-2H3/t16-/m0/s1. The van der Waals surface area contributed by atoms with Crippen LogP contribution in [0.1, 0.15) is 42.0 Å². The molecular weight excluding hydrogens is 252 g/mol. The Balaban J connectivity index is 1.71. The second-order valence-corrected chi connectivity index (χ2v) is 5.31. The number of hydrogen-bond donors (Lipinski definition) is 1. The van der Waals surface area contributed by atoms with Crippen molar-refractivity contribution in [2.24, 2.45) is 7.05 Å². The fourth-order valence-electron chi connectivity index (χ4n) is 2.70. The predicted octanol–water partition coefficient (Wildman–Crippen LogP) is 2.54. The van der Waals surface area contributed by atoms with E-state index in [-0.39, 0.29) is 6.10 Å². The normalized spacial score (nSPS) is 17.2.